The van der Waals surface area contributed by atoms with E-state index in [1.165, 1.54) is 62.7 Å². The number of rotatable bonds is 5. The predicted octanol–water partition coefficient (Wildman–Crippen LogP) is 5.80. The van der Waals surface area contributed by atoms with Crippen LogP contribution in [0.15, 0.2) is 18.2 Å². The van der Waals surface area contributed by atoms with Gasteiger partial charge in [0.25, 0.3) is 0 Å². The van der Waals surface area contributed by atoms with E-state index in [1.807, 2.05) is 7.11 Å². The quantitative estimate of drug-likeness (QED) is 0.609. The molecule has 0 amide bonds. The van der Waals surface area contributed by atoms with Gasteiger partial charge in [0.2, 0.25) is 0 Å². The topological polar surface area (TPSA) is 9.23 Å². The molecule has 0 spiro atoms. The van der Waals surface area contributed by atoms with Gasteiger partial charge in [-0.3, -0.25) is 0 Å². The smallest absolute Gasteiger partial charge is 0.176 e. The molecule has 1 aromatic rings. The predicted molar refractivity (Wildman–Crippen MR) is 96.8 cm³/mol. The summed E-state index contributed by atoms with van der Waals surface area (Å²) >= 11 is 0. The maximum Gasteiger partial charge on any atom is 0.176 e. The van der Waals surface area contributed by atoms with E-state index in [9.17, 15) is 8.78 Å². The van der Waals surface area contributed by atoms with E-state index in [0.717, 1.165) is 30.2 Å². The third kappa shape index (κ3) is 4.66. The van der Waals surface area contributed by atoms with Crippen LogP contribution >= 0.6 is 0 Å². The van der Waals surface area contributed by atoms with E-state index in [2.05, 4.69) is 0 Å². The van der Waals surface area contributed by atoms with Crippen molar-refractivity contribution in [3.05, 3.63) is 35.4 Å². The van der Waals surface area contributed by atoms with Crippen LogP contribution in [-0.2, 0) is 4.43 Å². The normalized spacial score (nSPS) is 31.1. The van der Waals surface area contributed by atoms with Gasteiger partial charge in [0.05, 0.1) is 0 Å². The molecule has 0 unspecified atom stereocenters. The third-order valence-electron chi connectivity index (χ3n) is 6.37. The Bertz CT molecular complexity index is 520. The zero-order chi connectivity index (χ0) is 16.9. The number of hydrogen-bond donors (Lipinski definition) is 0. The van der Waals surface area contributed by atoms with E-state index in [0.29, 0.717) is 5.92 Å². The van der Waals surface area contributed by atoms with Gasteiger partial charge in [0, 0.05) is 7.11 Å². The molecule has 0 bridgehead atoms. The first kappa shape index (κ1) is 18.1. The first-order valence-electron chi connectivity index (χ1n) is 9.63. The zero-order valence-electron chi connectivity index (χ0n) is 14.8. The summed E-state index contributed by atoms with van der Waals surface area (Å²) < 4.78 is 32.1. The maximum atomic E-state index is 13.4. The van der Waals surface area contributed by atoms with Gasteiger partial charge < -0.3 is 4.43 Å². The molecule has 134 valence electrons. The molecule has 0 aromatic heterocycles. The highest BCUT2D eigenvalue weighted by atomic mass is 28.3. The summed E-state index contributed by atoms with van der Waals surface area (Å²) in [5, 5.41) is 0. The fourth-order valence-electron chi connectivity index (χ4n) is 4.68. The van der Waals surface area contributed by atoms with E-state index >= 15 is 0 Å². The number of halogens is 2. The second-order valence-corrected chi connectivity index (χ2v) is 10.7. The molecule has 1 saturated carbocycles. The molecule has 2 aliphatic rings. The fourth-order valence-corrected chi connectivity index (χ4v) is 7.12. The molecule has 1 aromatic carbocycles. The van der Waals surface area contributed by atoms with Crippen molar-refractivity contribution in [2.45, 2.75) is 69.4 Å². The van der Waals surface area contributed by atoms with Crippen LogP contribution in [0.2, 0.25) is 12.1 Å². The van der Waals surface area contributed by atoms with Crippen LogP contribution in [0.25, 0.3) is 0 Å². The Labute approximate surface area is 146 Å². The Kier molecular flexibility index (Phi) is 6.45. The van der Waals surface area contributed by atoms with Gasteiger partial charge in [-0.25, -0.2) is 8.78 Å². The van der Waals surface area contributed by atoms with Crippen LogP contribution in [0.5, 0.6) is 0 Å². The fraction of sp³-hybridized carbons (Fsp3) is 0.700. The third-order valence-corrected chi connectivity index (χ3v) is 8.99. The van der Waals surface area contributed by atoms with Crippen LogP contribution in [0.4, 0.5) is 8.78 Å². The molecule has 24 heavy (non-hydrogen) atoms. The monoisotopic (exact) mass is 352 g/mol. The molecule has 1 aliphatic carbocycles. The summed E-state index contributed by atoms with van der Waals surface area (Å²) in [6.45, 7) is 0. The van der Waals surface area contributed by atoms with Crippen molar-refractivity contribution in [3.8, 4) is 0 Å². The highest BCUT2D eigenvalue weighted by Gasteiger charge is 2.26. The van der Waals surface area contributed by atoms with Gasteiger partial charge >= 0.3 is 0 Å². The van der Waals surface area contributed by atoms with Crippen LogP contribution in [0, 0.1) is 23.5 Å². The highest BCUT2D eigenvalue weighted by Crippen LogP contribution is 2.39. The minimum atomic E-state index is -0.811. The van der Waals surface area contributed by atoms with Gasteiger partial charge in [-0.1, -0.05) is 31.7 Å². The van der Waals surface area contributed by atoms with Crippen molar-refractivity contribution in [1.29, 1.82) is 0 Å². The van der Waals surface area contributed by atoms with Crippen molar-refractivity contribution in [1.82, 2.24) is 0 Å². The van der Waals surface area contributed by atoms with E-state index in [4.69, 9.17) is 4.43 Å². The van der Waals surface area contributed by atoms with Gasteiger partial charge in [0.1, 0.15) is 0 Å². The average molecular weight is 353 g/mol. The average Bonchev–Trinajstić information content (AvgIpc) is 2.63. The lowest BCUT2D eigenvalue weighted by atomic mass is 9.76. The minimum Gasteiger partial charge on any atom is -0.423 e. The molecule has 0 atom stereocenters. The van der Waals surface area contributed by atoms with Crippen molar-refractivity contribution in [3.63, 3.8) is 0 Å². The van der Waals surface area contributed by atoms with Gasteiger partial charge in [-0.05, 0) is 73.2 Å². The van der Waals surface area contributed by atoms with Gasteiger partial charge in [-0.15, -0.1) is 0 Å². The second-order valence-electron chi connectivity index (χ2n) is 7.85. The molecule has 0 radical (unpaired) electrons. The minimum absolute atomic E-state index is 0.416. The van der Waals surface area contributed by atoms with E-state index < -0.39 is 20.7 Å². The first-order chi connectivity index (χ1) is 11.7. The summed E-state index contributed by atoms with van der Waals surface area (Å²) in [4.78, 5) is 0. The van der Waals surface area contributed by atoms with Crippen LogP contribution < -0.4 is 0 Å². The summed E-state index contributed by atoms with van der Waals surface area (Å²) in [7, 11) is 1.08. The highest BCUT2D eigenvalue weighted by molar-refractivity contribution is 6.51. The van der Waals surface area contributed by atoms with Gasteiger partial charge in [0.15, 0.2) is 20.7 Å². The second kappa shape index (κ2) is 8.57. The molecular weight excluding hydrogens is 322 g/mol. The number of hydrogen-bond acceptors (Lipinski definition) is 1. The van der Waals surface area contributed by atoms with Crippen molar-refractivity contribution in [2.75, 3.05) is 7.11 Å². The summed E-state index contributed by atoms with van der Waals surface area (Å²) in [6, 6.07) is 7.17. The van der Waals surface area contributed by atoms with E-state index in [-0.39, 0.29) is 0 Å². The van der Waals surface area contributed by atoms with Crippen molar-refractivity contribution < 1.29 is 13.2 Å². The molecule has 3 rings (SSSR count). The molecular formula is C20H30F2OSi. The van der Waals surface area contributed by atoms with Crippen LogP contribution in [0.3, 0.4) is 0 Å². The molecule has 4 heteroatoms. The SMILES string of the molecule is CO[SiH]1CCC(CC[C@H]2CC[C@H](c3ccc(F)c(F)c3)CC2)CC1. The Morgan fingerprint density at radius 1 is 0.917 bits per heavy atom. The van der Waals surface area contributed by atoms with Crippen LogP contribution in [0.1, 0.15) is 62.8 Å². The molecule has 1 nitrogen and oxygen atoms in total. The maximum absolute atomic E-state index is 13.4. The lowest BCUT2D eigenvalue weighted by Crippen LogP contribution is -2.24. The van der Waals surface area contributed by atoms with Crippen molar-refractivity contribution >= 4 is 9.04 Å². The lowest BCUT2D eigenvalue weighted by Gasteiger charge is -2.31. The van der Waals surface area contributed by atoms with Crippen LogP contribution in [-0.4, -0.2) is 16.2 Å². The summed E-state index contributed by atoms with van der Waals surface area (Å²) in [5.74, 6) is 0.736. The Hall–Kier alpha value is -0.743. The largest absolute Gasteiger partial charge is 0.423 e. The molecule has 1 aliphatic heterocycles. The molecule has 1 heterocycles. The standard InChI is InChI=1S/C20H30F2OSi/c1-23-24-12-10-16(11-13-24)3-2-15-4-6-17(7-5-15)18-8-9-19(21)20(22)14-18/h8-9,14-17,24H,2-7,10-13H2,1H3/t15-,16?,17-,24?. The Balaban J connectivity index is 1.40. The van der Waals surface area contributed by atoms with Crippen molar-refractivity contribution in [2.24, 2.45) is 11.8 Å². The Morgan fingerprint density at radius 3 is 2.12 bits per heavy atom. The lowest BCUT2D eigenvalue weighted by molar-refractivity contribution is 0.276. The summed E-state index contributed by atoms with van der Waals surface area (Å²) in [5.41, 5.74) is 0.982. The molecule has 2 fully saturated rings. The molecule has 1 saturated heterocycles. The molecule has 0 N–H and O–H groups in total. The van der Waals surface area contributed by atoms with E-state index in [1.54, 1.807) is 6.07 Å². The zero-order valence-corrected chi connectivity index (χ0v) is 15.9. The first-order valence-corrected chi connectivity index (χ1v) is 11.7. The summed E-state index contributed by atoms with van der Waals surface area (Å²) in [6.07, 6.45) is 10.2. The number of benzene rings is 1. The van der Waals surface area contributed by atoms with Gasteiger partial charge in [-0.2, -0.15) is 0 Å². The Morgan fingerprint density at radius 2 is 1.54 bits per heavy atom.